The van der Waals surface area contributed by atoms with Gasteiger partial charge in [0.2, 0.25) is 0 Å². The van der Waals surface area contributed by atoms with E-state index in [2.05, 4.69) is 15.6 Å². The first-order valence-electron chi connectivity index (χ1n) is 11.0. The number of rotatable bonds is 3. The lowest BCUT2D eigenvalue weighted by Gasteiger charge is -2.25. The predicted octanol–water partition coefficient (Wildman–Crippen LogP) is 4.19. The number of benzene rings is 1. The predicted molar refractivity (Wildman–Crippen MR) is 130 cm³/mol. The van der Waals surface area contributed by atoms with Gasteiger partial charge in [-0.1, -0.05) is 23.7 Å². The Bertz CT molecular complexity index is 1180. The van der Waals surface area contributed by atoms with Crippen molar-refractivity contribution in [3.05, 3.63) is 41.0 Å². The zero-order valence-corrected chi connectivity index (χ0v) is 20.6. The monoisotopic (exact) mass is 485 g/mol. The van der Waals surface area contributed by atoms with Gasteiger partial charge in [-0.25, -0.2) is 19.5 Å². The summed E-state index contributed by atoms with van der Waals surface area (Å²) in [5, 5.41) is 6.34. The van der Waals surface area contributed by atoms with Crippen molar-refractivity contribution in [2.75, 3.05) is 30.4 Å². The summed E-state index contributed by atoms with van der Waals surface area (Å²) < 4.78 is 5.43. The summed E-state index contributed by atoms with van der Waals surface area (Å²) in [4.78, 5) is 45.8. The van der Waals surface area contributed by atoms with Gasteiger partial charge in [-0.15, -0.1) is 0 Å². The molecular formula is C24H28ClN5O4. The molecule has 1 aromatic heterocycles. The summed E-state index contributed by atoms with van der Waals surface area (Å²) in [6.07, 6.45) is 1.46. The molecule has 2 aliphatic heterocycles. The highest BCUT2D eigenvalue weighted by Gasteiger charge is 2.56. The number of anilines is 2. The van der Waals surface area contributed by atoms with Crippen LogP contribution in [0.2, 0.25) is 5.02 Å². The van der Waals surface area contributed by atoms with Gasteiger partial charge >= 0.3 is 12.1 Å². The minimum Gasteiger partial charge on any atom is -0.444 e. The SMILES string of the molecule is CNc1ncc(-c2cccc(N3C(=O)NC4(CCN(C(=O)OC(C)(C)C)C4)C3=O)c2)c(Cl)c1C. The Morgan fingerprint density at radius 3 is 2.71 bits per heavy atom. The topological polar surface area (TPSA) is 104 Å². The smallest absolute Gasteiger partial charge is 0.410 e. The Morgan fingerprint density at radius 2 is 2.03 bits per heavy atom. The van der Waals surface area contributed by atoms with Gasteiger partial charge in [-0.3, -0.25) is 4.79 Å². The molecule has 1 spiro atoms. The molecule has 0 bridgehead atoms. The number of ether oxygens (including phenoxy) is 1. The number of nitrogens with zero attached hydrogens (tertiary/aromatic N) is 3. The molecule has 2 saturated heterocycles. The maximum atomic E-state index is 13.5. The van der Waals surface area contributed by atoms with Gasteiger partial charge in [0.15, 0.2) is 0 Å². The molecule has 1 unspecified atom stereocenters. The molecular weight excluding hydrogens is 458 g/mol. The van der Waals surface area contributed by atoms with Crippen LogP contribution >= 0.6 is 11.6 Å². The Labute approximate surface area is 203 Å². The van der Waals surface area contributed by atoms with Crippen LogP contribution in [0, 0.1) is 6.92 Å². The Hall–Kier alpha value is -3.33. The van der Waals surface area contributed by atoms with Crippen molar-refractivity contribution in [2.24, 2.45) is 0 Å². The van der Waals surface area contributed by atoms with Gasteiger partial charge in [0, 0.05) is 30.9 Å². The molecule has 0 saturated carbocycles. The average molecular weight is 486 g/mol. The molecule has 2 fully saturated rings. The van der Waals surface area contributed by atoms with E-state index in [1.54, 1.807) is 52.2 Å². The molecule has 1 aromatic carbocycles. The van der Waals surface area contributed by atoms with Gasteiger partial charge in [0.25, 0.3) is 5.91 Å². The fourth-order valence-electron chi connectivity index (χ4n) is 4.28. The molecule has 10 heteroatoms. The molecule has 0 aliphatic carbocycles. The van der Waals surface area contributed by atoms with Crippen molar-refractivity contribution >= 4 is 41.1 Å². The molecule has 4 amide bonds. The molecule has 2 N–H and O–H groups in total. The van der Waals surface area contributed by atoms with Crippen LogP contribution < -0.4 is 15.5 Å². The highest BCUT2D eigenvalue weighted by atomic mass is 35.5. The van der Waals surface area contributed by atoms with Crippen LogP contribution in [0.25, 0.3) is 11.1 Å². The van der Waals surface area contributed by atoms with Crippen molar-refractivity contribution in [1.82, 2.24) is 15.2 Å². The summed E-state index contributed by atoms with van der Waals surface area (Å²) in [6.45, 7) is 7.58. The summed E-state index contributed by atoms with van der Waals surface area (Å²) in [5.41, 5.74) is 0.812. The highest BCUT2D eigenvalue weighted by Crippen LogP contribution is 2.37. The van der Waals surface area contributed by atoms with Crippen LogP contribution in [0.15, 0.2) is 30.5 Å². The summed E-state index contributed by atoms with van der Waals surface area (Å²) in [7, 11) is 1.77. The summed E-state index contributed by atoms with van der Waals surface area (Å²) in [6, 6.07) is 6.50. The fourth-order valence-corrected chi connectivity index (χ4v) is 4.53. The van der Waals surface area contributed by atoms with Gasteiger partial charge in [0.05, 0.1) is 17.3 Å². The summed E-state index contributed by atoms with van der Waals surface area (Å²) in [5.74, 6) is 0.281. The molecule has 2 aliphatic rings. The van der Waals surface area contributed by atoms with Gasteiger partial charge in [0.1, 0.15) is 17.0 Å². The molecule has 180 valence electrons. The lowest BCUT2D eigenvalue weighted by atomic mass is 9.98. The number of hydrogen-bond donors (Lipinski definition) is 2. The number of amides is 4. The lowest BCUT2D eigenvalue weighted by molar-refractivity contribution is -0.121. The third kappa shape index (κ3) is 4.16. The van der Waals surface area contributed by atoms with Crippen molar-refractivity contribution in [3.63, 3.8) is 0 Å². The van der Waals surface area contributed by atoms with E-state index in [1.165, 1.54) is 4.90 Å². The number of likely N-dealkylation sites (tertiary alicyclic amines) is 1. The maximum Gasteiger partial charge on any atom is 0.410 e. The first-order valence-corrected chi connectivity index (χ1v) is 11.4. The minimum absolute atomic E-state index is 0.0586. The molecule has 4 rings (SSSR count). The van der Waals surface area contributed by atoms with E-state index in [0.717, 1.165) is 16.0 Å². The zero-order chi connectivity index (χ0) is 24.8. The average Bonchev–Trinajstić information content (AvgIpc) is 3.30. The standard InChI is InChI=1S/C24H28ClN5O4/c1-14-18(25)17(12-27-19(14)26-5)15-7-6-8-16(11-15)30-20(31)24(28-21(30)32)9-10-29(13-24)22(33)34-23(2,3)4/h6-8,11-12H,9-10,13H2,1-5H3,(H,26,27)(H,28,32). The van der Waals surface area contributed by atoms with E-state index in [1.807, 2.05) is 13.0 Å². The number of carbonyl (C=O) groups is 3. The second-order valence-corrected chi connectivity index (χ2v) is 9.94. The van der Waals surface area contributed by atoms with Gasteiger partial charge in [-0.05, 0) is 51.8 Å². The Kier molecular flexibility index (Phi) is 5.93. The second-order valence-electron chi connectivity index (χ2n) is 9.56. The van der Waals surface area contributed by atoms with Crippen molar-refractivity contribution in [3.8, 4) is 11.1 Å². The molecule has 2 aromatic rings. The number of nitrogens with one attached hydrogen (secondary N) is 2. The quantitative estimate of drug-likeness (QED) is 0.632. The Balaban J connectivity index is 1.60. The number of aromatic nitrogens is 1. The second kappa shape index (κ2) is 8.47. The number of hydrogen-bond acceptors (Lipinski definition) is 6. The van der Waals surface area contributed by atoms with Crippen LogP contribution in [0.1, 0.15) is 32.8 Å². The van der Waals surface area contributed by atoms with Crippen molar-refractivity contribution < 1.29 is 19.1 Å². The molecule has 3 heterocycles. The van der Waals surface area contributed by atoms with E-state index in [4.69, 9.17) is 16.3 Å². The first kappa shape index (κ1) is 23.8. The molecule has 0 radical (unpaired) electrons. The van der Waals surface area contributed by atoms with Gasteiger partial charge < -0.3 is 20.3 Å². The zero-order valence-electron chi connectivity index (χ0n) is 19.9. The lowest BCUT2D eigenvalue weighted by Crippen LogP contribution is -2.50. The number of urea groups is 1. The van der Waals surface area contributed by atoms with Crippen LogP contribution in [-0.2, 0) is 9.53 Å². The maximum absolute atomic E-state index is 13.5. The van der Waals surface area contributed by atoms with E-state index in [9.17, 15) is 14.4 Å². The van der Waals surface area contributed by atoms with Crippen LogP contribution in [0.4, 0.5) is 21.1 Å². The van der Waals surface area contributed by atoms with E-state index >= 15 is 0 Å². The van der Waals surface area contributed by atoms with Crippen LogP contribution in [0.5, 0.6) is 0 Å². The normalized spacial score (nSPS) is 20.2. The number of pyridine rings is 1. The number of carbonyl (C=O) groups excluding carboxylic acids is 3. The highest BCUT2D eigenvalue weighted by molar-refractivity contribution is 6.34. The minimum atomic E-state index is -1.17. The van der Waals surface area contributed by atoms with Crippen molar-refractivity contribution in [2.45, 2.75) is 45.3 Å². The van der Waals surface area contributed by atoms with Gasteiger partial charge in [-0.2, -0.15) is 0 Å². The van der Waals surface area contributed by atoms with Crippen LogP contribution in [-0.4, -0.2) is 59.2 Å². The fraction of sp³-hybridized carbons (Fsp3) is 0.417. The summed E-state index contributed by atoms with van der Waals surface area (Å²) >= 11 is 6.58. The van der Waals surface area contributed by atoms with E-state index in [0.29, 0.717) is 35.1 Å². The number of halogens is 1. The molecule has 9 nitrogen and oxygen atoms in total. The van der Waals surface area contributed by atoms with E-state index in [-0.39, 0.29) is 6.54 Å². The first-order chi connectivity index (χ1) is 16.0. The third-order valence-corrected chi connectivity index (χ3v) is 6.47. The van der Waals surface area contributed by atoms with E-state index < -0.39 is 29.2 Å². The number of imide groups is 1. The van der Waals surface area contributed by atoms with Crippen molar-refractivity contribution in [1.29, 1.82) is 0 Å². The van der Waals surface area contributed by atoms with Crippen LogP contribution in [0.3, 0.4) is 0 Å². The molecule has 1 atom stereocenters. The third-order valence-electron chi connectivity index (χ3n) is 5.98. The molecule has 34 heavy (non-hydrogen) atoms. The largest absolute Gasteiger partial charge is 0.444 e. The Morgan fingerprint density at radius 1 is 1.29 bits per heavy atom.